The van der Waals surface area contributed by atoms with Crippen LogP contribution in [0.4, 0.5) is 0 Å². The molecular formula is C21H31N3O3. The maximum absolute atomic E-state index is 12.7. The highest BCUT2D eigenvalue weighted by molar-refractivity contribution is 5.78. The summed E-state index contributed by atoms with van der Waals surface area (Å²) in [6.07, 6.45) is 2.29. The highest BCUT2D eigenvalue weighted by atomic mass is 16.4. The van der Waals surface area contributed by atoms with E-state index in [0.717, 1.165) is 39.1 Å². The van der Waals surface area contributed by atoms with Gasteiger partial charge in [0, 0.05) is 32.7 Å². The molecule has 0 atom stereocenters. The molecule has 3 rings (SSSR count). The van der Waals surface area contributed by atoms with Crippen LogP contribution in [0.1, 0.15) is 30.4 Å². The molecule has 1 aromatic rings. The number of benzene rings is 1. The maximum atomic E-state index is 12.7. The standard InChI is InChI=1S/C21H31N3O3/c1-17-5-2-3-6-19(17)15-22-9-4-10-24(14-13-22)20(25)16-23-11-7-18(8-12-23)21(26)27/h2-3,5-6,18H,4,7-16H2,1H3,(H,26,27). The molecule has 2 aliphatic rings. The Bertz CT molecular complexity index is 656. The minimum Gasteiger partial charge on any atom is -0.481 e. The minimum atomic E-state index is -0.706. The number of aliphatic carboxylic acids is 1. The molecule has 6 nitrogen and oxygen atoms in total. The largest absolute Gasteiger partial charge is 0.481 e. The van der Waals surface area contributed by atoms with Gasteiger partial charge in [0.15, 0.2) is 0 Å². The van der Waals surface area contributed by atoms with Crippen molar-refractivity contribution in [1.29, 1.82) is 0 Å². The number of carboxylic acid groups (broad SMARTS) is 1. The number of piperidine rings is 1. The first-order chi connectivity index (χ1) is 13.0. The van der Waals surface area contributed by atoms with Gasteiger partial charge in [-0.1, -0.05) is 24.3 Å². The summed E-state index contributed by atoms with van der Waals surface area (Å²) in [6, 6.07) is 8.49. The second-order valence-electron chi connectivity index (χ2n) is 7.83. The van der Waals surface area contributed by atoms with Crippen molar-refractivity contribution in [3.63, 3.8) is 0 Å². The lowest BCUT2D eigenvalue weighted by Crippen LogP contribution is -2.45. The molecule has 6 heteroatoms. The number of hydrogen-bond donors (Lipinski definition) is 1. The van der Waals surface area contributed by atoms with E-state index in [2.05, 4.69) is 41.0 Å². The van der Waals surface area contributed by atoms with Gasteiger partial charge in [0.1, 0.15) is 0 Å². The summed E-state index contributed by atoms with van der Waals surface area (Å²) in [4.78, 5) is 30.3. The van der Waals surface area contributed by atoms with Crippen LogP contribution in [0.5, 0.6) is 0 Å². The maximum Gasteiger partial charge on any atom is 0.306 e. The number of likely N-dealkylation sites (tertiary alicyclic amines) is 1. The third-order valence-corrected chi connectivity index (χ3v) is 5.89. The van der Waals surface area contributed by atoms with Crippen LogP contribution < -0.4 is 0 Å². The third kappa shape index (κ3) is 5.53. The Morgan fingerprint density at radius 2 is 1.74 bits per heavy atom. The van der Waals surface area contributed by atoms with Crippen molar-refractivity contribution in [2.45, 2.75) is 32.7 Å². The average molecular weight is 373 g/mol. The molecule has 0 aliphatic carbocycles. The summed E-state index contributed by atoms with van der Waals surface area (Å²) < 4.78 is 0. The van der Waals surface area contributed by atoms with Crippen LogP contribution in [0.25, 0.3) is 0 Å². The SMILES string of the molecule is Cc1ccccc1CN1CCCN(C(=O)CN2CCC(C(=O)O)CC2)CC1. The van der Waals surface area contributed by atoms with E-state index in [0.29, 0.717) is 32.5 Å². The Labute approximate surface area is 161 Å². The van der Waals surface area contributed by atoms with Crippen LogP contribution in [-0.4, -0.2) is 77.5 Å². The lowest BCUT2D eigenvalue weighted by Gasteiger charge is -2.31. The molecule has 27 heavy (non-hydrogen) atoms. The summed E-state index contributed by atoms with van der Waals surface area (Å²) in [5.41, 5.74) is 2.68. The van der Waals surface area contributed by atoms with Crippen molar-refractivity contribution in [2.24, 2.45) is 5.92 Å². The molecule has 0 radical (unpaired) electrons. The molecule has 148 valence electrons. The monoisotopic (exact) mass is 373 g/mol. The van der Waals surface area contributed by atoms with Crippen LogP contribution in [0, 0.1) is 12.8 Å². The van der Waals surface area contributed by atoms with Crippen molar-refractivity contribution in [1.82, 2.24) is 14.7 Å². The zero-order valence-electron chi connectivity index (χ0n) is 16.3. The van der Waals surface area contributed by atoms with Crippen molar-refractivity contribution in [2.75, 3.05) is 45.8 Å². The van der Waals surface area contributed by atoms with E-state index in [-0.39, 0.29) is 11.8 Å². The Balaban J connectivity index is 1.46. The van der Waals surface area contributed by atoms with Gasteiger partial charge in [0.25, 0.3) is 0 Å². The van der Waals surface area contributed by atoms with Gasteiger partial charge < -0.3 is 10.0 Å². The normalized spacial score (nSPS) is 20.4. The Morgan fingerprint density at radius 1 is 1.00 bits per heavy atom. The summed E-state index contributed by atoms with van der Waals surface area (Å²) >= 11 is 0. The fourth-order valence-electron chi connectivity index (χ4n) is 4.04. The molecule has 0 saturated carbocycles. The number of carbonyl (C=O) groups excluding carboxylic acids is 1. The molecule has 0 unspecified atom stereocenters. The van der Waals surface area contributed by atoms with Gasteiger partial charge >= 0.3 is 5.97 Å². The first-order valence-electron chi connectivity index (χ1n) is 10.0. The first-order valence-corrected chi connectivity index (χ1v) is 10.0. The number of carbonyl (C=O) groups is 2. The summed E-state index contributed by atoms with van der Waals surface area (Å²) in [5.74, 6) is -0.770. The van der Waals surface area contributed by atoms with Crippen LogP contribution in [0.15, 0.2) is 24.3 Å². The lowest BCUT2D eigenvalue weighted by molar-refractivity contribution is -0.143. The second kappa shape index (κ2) is 9.33. The van der Waals surface area contributed by atoms with Crippen LogP contribution in [-0.2, 0) is 16.1 Å². The molecule has 0 bridgehead atoms. The summed E-state index contributed by atoms with van der Waals surface area (Å²) in [7, 11) is 0. The molecule has 2 fully saturated rings. The summed E-state index contributed by atoms with van der Waals surface area (Å²) in [6.45, 7) is 8.43. The molecule has 0 aromatic heterocycles. The van der Waals surface area contributed by atoms with Crippen molar-refractivity contribution in [3.05, 3.63) is 35.4 Å². The predicted molar refractivity (Wildman–Crippen MR) is 104 cm³/mol. The van der Waals surface area contributed by atoms with Gasteiger partial charge in [-0.2, -0.15) is 0 Å². The molecule has 0 spiro atoms. The summed E-state index contributed by atoms with van der Waals surface area (Å²) in [5, 5.41) is 9.09. The van der Waals surface area contributed by atoms with E-state index in [4.69, 9.17) is 5.11 Å². The Hall–Kier alpha value is -1.92. The average Bonchev–Trinajstić information content (AvgIpc) is 2.90. The topological polar surface area (TPSA) is 64.1 Å². The van der Waals surface area contributed by atoms with Gasteiger partial charge in [0.2, 0.25) is 5.91 Å². The number of hydrogen-bond acceptors (Lipinski definition) is 4. The van der Waals surface area contributed by atoms with E-state index in [1.807, 2.05) is 4.90 Å². The molecule has 1 N–H and O–H groups in total. The molecule has 1 aromatic carbocycles. The van der Waals surface area contributed by atoms with E-state index in [1.165, 1.54) is 11.1 Å². The van der Waals surface area contributed by atoms with Gasteiger partial charge in [-0.15, -0.1) is 0 Å². The number of nitrogens with zero attached hydrogens (tertiary/aromatic N) is 3. The van der Waals surface area contributed by atoms with Gasteiger partial charge in [0.05, 0.1) is 12.5 Å². The number of amides is 1. The fourth-order valence-corrected chi connectivity index (χ4v) is 4.04. The highest BCUT2D eigenvalue weighted by Gasteiger charge is 2.27. The van der Waals surface area contributed by atoms with E-state index >= 15 is 0 Å². The van der Waals surface area contributed by atoms with Gasteiger partial charge in [-0.05, 0) is 50.4 Å². The van der Waals surface area contributed by atoms with E-state index < -0.39 is 5.97 Å². The number of rotatable bonds is 5. The van der Waals surface area contributed by atoms with Crippen molar-refractivity contribution >= 4 is 11.9 Å². The van der Waals surface area contributed by atoms with Crippen molar-refractivity contribution < 1.29 is 14.7 Å². The van der Waals surface area contributed by atoms with E-state index in [9.17, 15) is 9.59 Å². The number of aryl methyl sites for hydroxylation is 1. The quantitative estimate of drug-likeness (QED) is 0.853. The number of carboxylic acids is 1. The van der Waals surface area contributed by atoms with Crippen LogP contribution >= 0.6 is 0 Å². The van der Waals surface area contributed by atoms with Crippen LogP contribution in [0.2, 0.25) is 0 Å². The highest BCUT2D eigenvalue weighted by Crippen LogP contribution is 2.18. The van der Waals surface area contributed by atoms with Crippen LogP contribution in [0.3, 0.4) is 0 Å². The zero-order valence-corrected chi connectivity index (χ0v) is 16.3. The van der Waals surface area contributed by atoms with Gasteiger partial charge in [-0.3, -0.25) is 19.4 Å². The lowest BCUT2D eigenvalue weighted by atomic mass is 9.97. The smallest absolute Gasteiger partial charge is 0.306 e. The molecule has 1 amide bonds. The molecule has 2 heterocycles. The minimum absolute atomic E-state index is 0.182. The third-order valence-electron chi connectivity index (χ3n) is 5.89. The predicted octanol–water partition coefficient (Wildman–Crippen LogP) is 1.83. The molecular weight excluding hydrogens is 342 g/mol. The first kappa shape index (κ1) is 19.8. The molecule has 2 aliphatic heterocycles. The second-order valence-corrected chi connectivity index (χ2v) is 7.83. The molecule has 2 saturated heterocycles. The Morgan fingerprint density at radius 3 is 2.44 bits per heavy atom. The Kier molecular flexibility index (Phi) is 6.85. The fraction of sp³-hybridized carbons (Fsp3) is 0.619. The zero-order chi connectivity index (χ0) is 19.2. The van der Waals surface area contributed by atoms with Crippen molar-refractivity contribution in [3.8, 4) is 0 Å². The van der Waals surface area contributed by atoms with E-state index in [1.54, 1.807) is 0 Å². The van der Waals surface area contributed by atoms with Gasteiger partial charge in [-0.25, -0.2) is 0 Å².